The number of aromatic nitrogens is 1. The fourth-order valence-electron chi connectivity index (χ4n) is 1.78. The van der Waals surface area contributed by atoms with E-state index < -0.39 is 0 Å². The number of benzene rings is 1. The lowest BCUT2D eigenvalue weighted by atomic mass is 10.2. The van der Waals surface area contributed by atoms with Crippen molar-refractivity contribution in [2.75, 3.05) is 24.8 Å². The van der Waals surface area contributed by atoms with Gasteiger partial charge in [-0.05, 0) is 23.8 Å². The standard InChI is InChI=1S/C14H16ClN3O/c1-18(9-10-5-3-4-6-11(10)15)13-8-7-12(16)14(17-13)19-2/h3-8H,9,16H2,1-2H3. The molecule has 2 rings (SSSR count). The second-order valence-corrected chi connectivity index (χ2v) is 4.62. The summed E-state index contributed by atoms with van der Waals surface area (Å²) >= 11 is 6.15. The van der Waals surface area contributed by atoms with Crippen LogP contribution in [0.3, 0.4) is 0 Å². The van der Waals surface area contributed by atoms with E-state index in [2.05, 4.69) is 4.98 Å². The summed E-state index contributed by atoms with van der Waals surface area (Å²) < 4.78 is 5.12. The van der Waals surface area contributed by atoms with Crippen LogP contribution in [-0.2, 0) is 6.54 Å². The average molecular weight is 278 g/mol. The Kier molecular flexibility index (Phi) is 4.12. The first-order chi connectivity index (χ1) is 9.11. The lowest BCUT2D eigenvalue weighted by Crippen LogP contribution is -2.18. The van der Waals surface area contributed by atoms with Crippen molar-refractivity contribution in [3.8, 4) is 5.88 Å². The molecule has 19 heavy (non-hydrogen) atoms. The highest BCUT2D eigenvalue weighted by Crippen LogP contribution is 2.24. The van der Waals surface area contributed by atoms with E-state index in [1.807, 2.05) is 42.3 Å². The van der Waals surface area contributed by atoms with Crippen LogP contribution < -0.4 is 15.4 Å². The summed E-state index contributed by atoms with van der Waals surface area (Å²) in [7, 11) is 3.50. The number of anilines is 2. The van der Waals surface area contributed by atoms with Crippen LogP contribution in [0.25, 0.3) is 0 Å². The molecule has 5 heteroatoms. The Hall–Kier alpha value is -1.94. The summed E-state index contributed by atoms with van der Waals surface area (Å²) in [5, 5.41) is 0.747. The molecule has 1 aromatic heterocycles. The number of nitrogens with two attached hydrogens (primary N) is 1. The van der Waals surface area contributed by atoms with Crippen molar-refractivity contribution < 1.29 is 4.74 Å². The number of methoxy groups -OCH3 is 1. The molecule has 0 bridgehead atoms. The van der Waals surface area contributed by atoms with Gasteiger partial charge in [0.05, 0.1) is 12.8 Å². The van der Waals surface area contributed by atoms with Crippen molar-refractivity contribution in [3.05, 3.63) is 47.0 Å². The topological polar surface area (TPSA) is 51.4 Å². The van der Waals surface area contributed by atoms with Crippen LogP contribution in [0.4, 0.5) is 11.5 Å². The third-order valence-electron chi connectivity index (χ3n) is 2.82. The van der Waals surface area contributed by atoms with Crippen molar-refractivity contribution in [2.45, 2.75) is 6.54 Å². The maximum Gasteiger partial charge on any atom is 0.238 e. The molecule has 0 aliphatic heterocycles. The van der Waals surface area contributed by atoms with E-state index in [9.17, 15) is 0 Å². The lowest BCUT2D eigenvalue weighted by Gasteiger charge is -2.19. The third-order valence-corrected chi connectivity index (χ3v) is 3.19. The number of hydrogen-bond donors (Lipinski definition) is 1. The van der Waals surface area contributed by atoms with Gasteiger partial charge in [0.2, 0.25) is 5.88 Å². The second-order valence-electron chi connectivity index (χ2n) is 4.22. The first-order valence-corrected chi connectivity index (χ1v) is 6.24. The van der Waals surface area contributed by atoms with Crippen molar-refractivity contribution in [2.24, 2.45) is 0 Å². The van der Waals surface area contributed by atoms with E-state index in [1.165, 1.54) is 0 Å². The van der Waals surface area contributed by atoms with Crippen LogP contribution in [0.15, 0.2) is 36.4 Å². The Morgan fingerprint density at radius 1 is 1.26 bits per heavy atom. The molecule has 0 saturated carbocycles. The summed E-state index contributed by atoms with van der Waals surface area (Å²) in [6.07, 6.45) is 0. The van der Waals surface area contributed by atoms with Crippen molar-refractivity contribution in [1.29, 1.82) is 0 Å². The van der Waals surface area contributed by atoms with E-state index >= 15 is 0 Å². The maximum atomic E-state index is 6.15. The molecule has 0 radical (unpaired) electrons. The fourth-order valence-corrected chi connectivity index (χ4v) is 1.98. The zero-order valence-electron chi connectivity index (χ0n) is 10.9. The van der Waals surface area contributed by atoms with Crippen LogP contribution >= 0.6 is 11.6 Å². The Morgan fingerprint density at radius 3 is 2.68 bits per heavy atom. The highest BCUT2D eigenvalue weighted by Gasteiger charge is 2.09. The SMILES string of the molecule is COc1nc(N(C)Cc2ccccc2Cl)ccc1N. The Labute approximate surface area is 117 Å². The maximum absolute atomic E-state index is 6.15. The van der Waals surface area contributed by atoms with Gasteiger partial charge in [0.1, 0.15) is 5.82 Å². The highest BCUT2D eigenvalue weighted by atomic mass is 35.5. The van der Waals surface area contributed by atoms with E-state index in [4.69, 9.17) is 22.1 Å². The molecule has 0 fully saturated rings. The van der Waals surface area contributed by atoms with Gasteiger partial charge in [0, 0.05) is 18.6 Å². The summed E-state index contributed by atoms with van der Waals surface area (Å²) in [6, 6.07) is 11.4. The molecular formula is C14H16ClN3O. The van der Waals surface area contributed by atoms with Crippen LogP contribution in [0, 0.1) is 0 Å². The average Bonchev–Trinajstić information content (AvgIpc) is 2.42. The molecule has 1 aromatic carbocycles. The highest BCUT2D eigenvalue weighted by molar-refractivity contribution is 6.31. The number of nitrogen functional groups attached to an aromatic ring is 1. The minimum atomic E-state index is 0.434. The summed E-state index contributed by atoms with van der Waals surface area (Å²) in [5.41, 5.74) is 7.32. The van der Waals surface area contributed by atoms with Gasteiger partial charge >= 0.3 is 0 Å². The monoisotopic (exact) mass is 277 g/mol. The van der Waals surface area contributed by atoms with Gasteiger partial charge in [-0.1, -0.05) is 29.8 Å². The van der Waals surface area contributed by atoms with Gasteiger partial charge in [-0.15, -0.1) is 0 Å². The normalized spacial score (nSPS) is 10.3. The predicted molar refractivity (Wildman–Crippen MR) is 78.8 cm³/mol. The van der Waals surface area contributed by atoms with Crippen molar-refractivity contribution in [3.63, 3.8) is 0 Å². The molecule has 0 saturated heterocycles. The van der Waals surface area contributed by atoms with Gasteiger partial charge in [-0.25, -0.2) is 0 Å². The van der Waals surface area contributed by atoms with Crippen LogP contribution in [0.1, 0.15) is 5.56 Å². The molecular weight excluding hydrogens is 262 g/mol. The molecule has 1 heterocycles. The second kappa shape index (κ2) is 5.80. The van der Waals surface area contributed by atoms with Gasteiger partial charge in [0.15, 0.2) is 0 Å². The smallest absolute Gasteiger partial charge is 0.238 e. The first-order valence-electron chi connectivity index (χ1n) is 5.87. The molecule has 0 atom stereocenters. The van der Waals surface area contributed by atoms with Crippen LogP contribution in [-0.4, -0.2) is 19.1 Å². The van der Waals surface area contributed by atoms with E-state index in [-0.39, 0.29) is 0 Å². The summed E-state index contributed by atoms with van der Waals surface area (Å²) in [4.78, 5) is 6.34. The number of ether oxygens (including phenoxy) is 1. The van der Waals surface area contributed by atoms with Crippen molar-refractivity contribution >= 4 is 23.1 Å². The number of pyridine rings is 1. The minimum Gasteiger partial charge on any atom is -0.479 e. The van der Waals surface area contributed by atoms with Gasteiger partial charge in [-0.3, -0.25) is 0 Å². The van der Waals surface area contributed by atoms with Crippen LogP contribution in [0.2, 0.25) is 5.02 Å². The van der Waals surface area contributed by atoms with E-state index in [0.717, 1.165) is 16.4 Å². The Bertz CT molecular complexity index is 574. The molecule has 0 amide bonds. The van der Waals surface area contributed by atoms with E-state index in [0.29, 0.717) is 18.1 Å². The van der Waals surface area contributed by atoms with Crippen molar-refractivity contribution in [1.82, 2.24) is 4.98 Å². The van der Waals surface area contributed by atoms with Crippen LogP contribution in [0.5, 0.6) is 5.88 Å². The predicted octanol–water partition coefficient (Wildman–Crippen LogP) is 2.96. The third kappa shape index (κ3) is 3.09. The minimum absolute atomic E-state index is 0.434. The number of nitrogens with zero attached hydrogens (tertiary/aromatic N) is 2. The zero-order chi connectivity index (χ0) is 13.8. The Morgan fingerprint density at radius 2 is 2.00 bits per heavy atom. The number of hydrogen-bond acceptors (Lipinski definition) is 4. The molecule has 0 spiro atoms. The quantitative estimate of drug-likeness (QED) is 0.933. The molecule has 0 aliphatic carbocycles. The molecule has 2 N–H and O–H groups in total. The molecule has 0 aliphatic rings. The summed E-state index contributed by atoms with van der Waals surface area (Å²) in [6.45, 7) is 0.666. The number of rotatable bonds is 4. The van der Waals surface area contributed by atoms with Gasteiger partial charge in [0.25, 0.3) is 0 Å². The largest absolute Gasteiger partial charge is 0.479 e. The Balaban J connectivity index is 2.20. The number of halogens is 1. The zero-order valence-corrected chi connectivity index (χ0v) is 11.7. The molecule has 100 valence electrons. The van der Waals surface area contributed by atoms with Gasteiger partial charge in [-0.2, -0.15) is 4.98 Å². The molecule has 0 unspecified atom stereocenters. The van der Waals surface area contributed by atoms with Gasteiger partial charge < -0.3 is 15.4 Å². The molecule has 2 aromatic rings. The van der Waals surface area contributed by atoms with E-state index in [1.54, 1.807) is 13.2 Å². The first kappa shape index (κ1) is 13.5. The molecule has 4 nitrogen and oxygen atoms in total. The lowest BCUT2D eigenvalue weighted by molar-refractivity contribution is 0.400. The summed E-state index contributed by atoms with van der Waals surface area (Å²) in [5.74, 6) is 1.22. The fraction of sp³-hybridized carbons (Fsp3) is 0.214.